The fourth-order valence-corrected chi connectivity index (χ4v) is 3.18. The Labute approximate surface area is 148 Å². The van der Waals surface area contributed by atoms with Crippen LogP contribution in [-0.4, -0.2) is 30.0 Å². The Morgan fingerprint density at radius 3 is 2.64 bits per heavy atom. The third-order valence-electron chi connectivity index (χ3n) is 4.77. The van der Waals surface area contributed by atoms with E-state index < -0.39 is 0 Å². The van der Waals surface area contributed by atoms with Gasteiger partial charge in [0, 0.05) is 49.6 Å². The molecule has 1 aliphatic rings. The maximum absolute atomic E-state index is 12.5. The smallest absolute Gasteiger partial charge is 0.252 e. The molecule has 1 unspecified atom stereocenters. The van der Waals surface area contributed by atoms with Crippen LogP contribution in [0.5, 0.6) is 0 Å². The van der Waals surface area contributed by atoms with Crippen LogP contribution in [0.3, 0.4) is 0 Å². The van der Waals surface area contributed by atoms with E-state index in [1.54, 1.807) is 11.9 Å². The highest BCUT2D eigenvalue weighted by Gasteiger charge is 2.29. The standard InChI is InChI=1S/C20H25N3O2/c1-20(2,3)23-10-9-14(13-23)19(25)21-12-15-11-18(24)22(4)17-8-6-5-7-16(15)17/h5-10,13,15H,11-12H2,1-4H3,(H,21,25). The summed E-state index contributed by atoms with van der Waals surface area (Å²) in [6.45, 7) is 6.73. The van der Waals surface area contributed by atoms with Crippen molar-refractivity contribution in [2.75, 3.05) is 18.5 Å². The van der Waals surface area contributed by atoms with Gasteiger partial charge in [-0.3, -0.25) is 9.59 Å². The predicted octanol–water partition coefficient (Wildman–Crippen LogP) is 3.12. The normalized spacial score (nSPS) is 17.4. The highest BCUT2D eigenvalue weighted by molar-refractivity contribution is 5.97. The van der Waals surface area contributed by atoms with Gasteiger partial charge in [0.05, 0.1) is 5.56 Å². The Bertz CT molecular complexity index is 801. The third-order valence-corrected chi connectivity index (χ3v) is 4.77. The quantitative estimate of drug-likeness (QED) is 0.934. The van der Waals surface area contributed by atoms with E-state index in [9.17, 15) is 9.59 Å². The summed E-state index contributed by atoms with van der Waals surface area (Å²) in [5.74, 6) is -0.0164. The molecule has 1 aromatic carbocycles. The number of aromatic nitrogens is 1. The van der Waals surface area contributed by atoms with E-state index in [2.05, 4.69) is 26.1 Å². The number of rotatable bonds is 3. The SMILES string of the molecule is CN1C(=O)CC(CNC(=O)c2ccn(C(C)(C)C)c2)c2ccccc21. The summed E-state index contributed by atoms with van der Waals surface area (Å²) in [6.07, 6.45) is 4.20. The summed E-state index contributed by atoms with van der Waals surface area (Å²) in [6, 6.07) is 9.71. The first-order valence-corrected chi connectivity index (χ1v) is 8.59. The Morgan fingerprint density at radius 1 is 1.24 bits per heavy atom. The number of para-hydroxylation sites is 1. The van der Waals surface area contributed by atoms with Crippen LogP contribution in [-0.2, 0) is 10.3 Å². The average Bonchev–Trinajstić information content (AvgIpc) is 3.07. The molecule has 0 saturated carbocycles. The lowest BCUT2D eigenvalue weighted by molar-refractivity contribution is -0.119. The topological polar surface area (TPSA) is 54.3 Å². The van der Waals surface area contributed by atoms with Gasteiger partial charge < -0.3 is 14.8 Å². The van der Waals surface area contributed by atoms with Crippen LogP contribution < -0.4 is 10.2 Å². The van der Waals surface area contributed by atoms with E-state index >= 15 is 0 Å². The number of hydrogen-bond donors (Lipinski definition) is 1. The molecule has 1 N–H and O–H groups in total. The average molecular weight is 339 g/mol. The number of fused-ring (bicyclic) bond motifs is 1. The van der Waals surface area contributed by atoms with Crippen molar-refractivity contribution in [2.45, 2.75) is 38.6 Å². The van der Waals surface area contributed by atoms with Gasteiger partial charge in [-0.05, 0) is 38.5 Å². The second kappa shape index (κ2) is 6.39. The minimum Gasteiger partial charge on any atom is -0.351 e. The fourth-order valence-electron chi connectivity index (χ4n) is 3.18. The maximum atomic E-state index is 12.5. The molecule has 2 heterocycles. The highest BCUT2D eigenvalue weighted by Crippen LogP contribution is 2.34. The Balaban J connectivity index is 1.71. The lowest BCUT2D eigenvalue weighted by Gasteiger charge is -2.31. The molecule has 1 aliphatic heterocycles. The molecule has 2 amide bonds. The van der Waals surface area contributed by atoms with Crippen molar-refractivity contribution in [1.82, 2.24) is 9.88 Å². The molecule has 0 bridgehead atoms. The van der Waals surface area contributed by atoms with Crippen LogP contribution in [0.4, 0.5) is 5.69 Å². The summed E-state index contributed by atoms with van der Waals surface area (Å²) >= 11 is 0. The van der Waals surface area contributed by atoms with Crippen LogP contribution >= 0.6 is 0 Å². The number of nitrogens with zero attached hydrogens (tertiary/aromatic N) is 2. The van der Waals surface area contributed by atoms with Crippen molar-refractivity contribution in [2.24, 2.45) is 0 Å². The molecule has 0 saturated heterocycles. The number of carbonyl (C=O) groups is 2. The third kappa shape index (κ3) is 3.45. The first-order valence-electron chi connectivity index (χ1n) is 8.59. The molecule has 0 radical (unpaired) electrons. The molecule has 0 spiro atoms. The molecule has 0 fully saturated rings. The summed E-state index contributed by atoms with van der Waals surface area (Å²) in [5, 5.41) is 2.99. The fraction of sp³-hybridized carbons (Fsp3) is 0.400. The van der Waals surface area contributed by atoms with Gasteiger partial charge in [0.25, 0.3) is 5.91 Å². The molecule has 132 valence electrons. The lowest BCUT2D eigenvalue weighted by atomic mass is 9.89. The number of anilines is 1. The number of hydrogen-bond acceptors (Lipinski definition) is 2. The minimum atomic E-state index is -0.105. The van der Waals surface area contributed by atoms with E-state index in [1.165, 1.54) is 0 Å². The summed E-state index contributed by atoms with van der Waals surface area (Å²) in [7, 11) is 1.80. The number of carbonyl (C=O) groups excluding carboxylic acids is 2. The zero-order chi connectivity index (χ0) is 18.2. The van der Waals surface area contributed by atoms with Crippen molar-refractivity contribution < 1.29 is 9.59 Å². The van der Waals surface area contributed by atoms with Crippen LogP contribution in [0.15, 0.2) is 42.7 Å². The first-order chi connectivity index (χ1) is 11.8. The second-order valence-corrected chi connectivity index (χ2v) is 7.60. The molecule has 25 heavy (non-hydrogen) atoms. The largest absolute Gasteiger partial charge is 0.351 e. The van der Waals surface area contributed by atoms with Crippen molar-refractivity contribution in [1.29, 1.82) is 0 Å². The van der Waals surface area contributed by atoms with Crippen molar-refractivity contribution in [3.8, 4) is 0 Å². The van der Waals surface area contributed by atoms with E-state index in [4.69, 9.17) is 0 Å². The zero-order valence-corrected chi connectivity index (χ0v) is 15.2. The number of nitrogens with one attached hydrogen (secondary N) is 1. The molecule has 2 aromatic rings. The predicted molar refractivity (Wildman–Crippen MR) is 99.0 cm³/mol. The second-order valence-electron chi connectivity index (χ2n) is 7.60. The summed E-state index contributed by atoms with van der Waals surface area (Å²) in [5.41, 5.74) is 2.62. The Kier molecular flexibility index (Phi) is 4.41. The number of benzene rings is 1. The van der Waals surface area contributed by atoms with Crippen molar-refractivity contribution in [3.05, 3.63) is 53.9 Å². The van der Waals surface area contributed by atoms with E-state index in [-0.39, 0.29) is 23.3 Å². The van der Waals surface area contributed by atoms with Crippen LogP contribution in [0.2, 0.25) is 0 Å². The number of amides is 2. The van der Waals surface area contributed by atoms with Crippen LogP contribution in [0.25, 0.3) is 0 Å². The summed E-state index contributed by atoms with van der Waals surface area (Å²) < 4.78 is 2.02. The Morgan fingerprint density at radius 2 is 1.96 bits per heavy atom. The van der Waals surface area contributed by atoms with Gasteiger partial charge in [-0.25, -0.2) is 0 Å². The first kappa shape index (κ1) is 17.3. The van der Waals surface area contributed by atoms with E-state index in [1.807, 2.05) is 47.3 Å². The van der Waals surface area contributed by atoms with Gasteiger partial charge in [-0.2, -0.15) is 0 Å². The zero-order valence-electron chi connectivity index (χ0n) is 15.2. The van der Waals surface area contributed by atoms with Crippen molar-refractivity contribution >= 4 is 17.5 Å². The van der Waals surface area contributed by atoms with E-state index in [0.29, 0.717) is 18.5 Å². The molecule has 0 aliphatic carbocycles. The highest BCUT2D eigenvalue weighted by atomic mass is 16.2. The molecule has 3 rings (SSSR count). The molecule has 5 heteroatoms. The molecular formula is C20H25N3O2. The van der Waals surface area contributed by atoms with Crippen LogP contribution in [0, 0.1) is 0 Å². The van der Waals surface area contributed by atoms with Gasteiger partial charge in [0.1, 0.15) is 0 Å². The molecular weight excluding hydrogens is 314 g/mol. The summed E-state index contributed by atoms with van der Waals surface area (Å²) in [4.78, 5) is 26.4. The van der Waals surface area contributed by atoms with Gasteiger partial charge in [-0.1, -0.05) is 18.2 Å². The minimum absolute atomic E-state index is 0.00792. The van der Waals surface area contributed by atoms with Gasteiger partial charge in [0.2, 0.25) is 5.91 Å². The molecule has 1 atom stereocenters. The van der Waals surface area contributed by atoms with Gasteiger partial charge >= 0.3 is 0 Å². The van der Waals surface area contributed by atoms with E-state index in [0.717, 1.165) is 11.3 Å². The van der Waals surface area contributed by atoms with Crippen LogP contribution in [0.1, 0.15) is 49.0 Å². The molecule has 5 nitrogen and oxygen atoms in total. The van der Waals surface area contributed by atoms with Gasteiger partial charge in [0.15, 0.2) is 0 Å². The van der Waals surface area contributed by atoms with Crippen molar-refractivity contribution in [3.63, 3.8) is 0 Å². The maximum Gasteiger partial charge on any atom is 0.252 e. The van der Waals surface area contributed by atoms with Gasteiger partial charge in [-0.15, -0.1) is 0 Å². The lowest BCUT2D eigenvalue weighted by Crippen LogP contribution is -2.37. The Hall–Kier alpha value is -2.56. The molecule has 1 aromatic heterocycles. The monoisotopic (exact) mass is 339 g/mol.